The molecule has 0 unspecified atom stereocenters. The number of carbonyl (C=O) groups excluding carboxylic acids is 1. The Morgan fingerprint density at radius 1 is 1.15 bits per heavy atom. The second kappa shape index (κ2) is 7.14. The lowest BCUT2D eigenvalue weighted by atomic mass is 10.2. The summed E-state index contributed by atoms with van der Waals surface area (Å²) in [6.07, 6.45) is 1.65. The molecule has 1 N–H and O–H groups in total. The van der Waals surface area contributed by atoms with Crippen LogP contribution in [0.3, 0.4) is 0 Å². The van der Waals surface area contributed by atoms with Gasteiger partial charge < -0.3 is 10.1 Å². The van der Waals surface area contributed by atoms with Gasteiger partial charge in [-0.25, -0.2) is 0 Å². The molecule has 0 spiro atoms. The van der Waals surface area contributed by atoms with E-state index in [0.717, 1.165) is 5.56 Å². The zero-order valence-electron chi connectivity index (χ0n) is 11.2. The highest BCUT2D eigenvalue weighted by Crippen LogP contribution is 2.15. The molecular weight excluding hydrogens is 250 g/mol. The Morgan fingerprint density at radius 2 is 1.95 bits per heavy atom. The highest BCUT2D eigenvalue weighted by molar-refractivity contribution is 5.94. The molecule has 102 valence electrons. The summed E-state index contributed by atoms with van der Waals surface area (Å²) in [4.78, 5) is 11.8. The molecule has 0 atom stereocenters. The van der Waals surface area contributed by atoms with Crippen LogP contribution in [0, 0.1) is 0 Å². The van der Waals surface area contributed by atoms with Gasteiger partial charge in [-0.1, -0.05) is 42.5 Å². The Hall–Kier alpha value is -2.55. The number of benzene rings is 2. The van der Waals surface area contributed by atoms with Crippen LogP contribution in [-0.2, 0) is 6.61 Å². The Morgan fingerprint density at radius 3 is 2.70 bits per heavy atom. The van der Waals surface area contributed by atoms with Gasteiger partial charge in [0.25, 0.3) is 5.91 Å². The lowest BCUT2D eigenvalue weighted by Crippen LogP contribution is -2.23. The number of nitrogens with one attached hydrogen (secondary N) is 1. The van der Waals surface area contributed by atoms with Crippen LogP contribution in [0.5, 0.6) is 5.75 Å². The molecule has 3 heteroatoms. The summed E-state index contributed by atoms with van der Waals surface area (Å²) in [5.41, 5.74) is 1.67. The number of rotatable bonds is 6. The number of hydrogen-bond donors (Lipinski definition) is 1. The van der Waals surface area contributed by atoms with Crippen LogP contribution in [0.15, 0.2) is 67.3 Å². The molecule has 2 aromatic rings. The van der Waals surface area contributed by atoms with Gasteiger partial charge >= 0.3 is 0 Å². The summed E-state index contributed by atoms with van der Waals surface area (Å²) in [5.74, 6) is 0.551. The molecule has 0 aliphatic rings. The van der Waals surface area contributed by atoms with E-state index in [4.69, 9.17) is 4.74 Å². The van der Waals surface area contributed by atoms with Crippen molar-refractivity contribution in [2.45, 2.75) is 6.61 Å². The predicted molar refractivity (Wildman–Crippen MR) is 79.7 cm³/mol. The number of ether oxygens (including phenoxy) is 1. The maximum Gasteiger partial charge on any atom is 0.251 e. The summed E-state index contributed by atoms with van der Waals surface area (Å²) in [5, 5.41) is 2.74. The largest absolute Gasteiger partial charge is 0.489 e. The molecule has 3 nitrogen and oxygen atoms in total. The van der Waals surface area contributed by atoms with Gasteiger partial charge in [0, 0.05) is 12.1 Å². The van der Waals surface area contributed by atoms with Crippen molar-refractivity contribution in [2.24, 2.45) is 0 Å². The van der Waals surface area contributed by atoms with Crippen molar-refractivity contribution in [3.8, 4) is 5.75 Å². The van der Waals surface area contributed by atoms with Gasteiger partial charge in [0.05, 0.1) is 0 Å². The van der Waals surface area contributed by atoms with Crippen LogP contribution < -0.4 is 10.1 Å². The number of hydrogen-bond acceptors (Lipinski definition) is 2. The topological polar surface area (TPSA) is 38.3 Å². The minimum absolute atomic E-state index is 0.130. The normalized spacial score (nSPS) is 9.80. The SMILES string of the molecule is C=CCNC(=O)c1cccc(OCc2ccccc2)c1. The van der Waals surface area contributed by atoms with Gasteiger partial charge in [0.15, 0.2) is 0 Å². The number of carbonyl (C=O) groups is 1. The molecule has 0 saturated heterocycles. The first kappa shape index (κ1) is 13.9. The molecule has 0 fully saturated rings. The third kappa shape index (κ3) is 3.99. The zero-order valence-corrected chi connectivity index (χ0v) is 11.2. The summed E-state index contributed by atoms with van der Waals surface area (Å²) in [7, 11) is 0. The van der Waals surface area contributed by atoms with Crippen LogP contribution in [0.2, 0.25) is 0 Å². The molecule has 20 heavy (non-hydrogen) atoms. The van der Waals surface area contributed by atoms with Crippen molar-refractivity contribution in [1.82, 2.24) is 5.32 Å². The fourth-order valence-electron chi connectivity index (χ4n) is 1.73. The van der Waals surface area contributed by atoms with Gasteiger partial charge in [0.1, 0.15) is 12.4 Å². The fourth-order valence-corrected chi connectivity index (χ4v) is 1.73. The van der Waals surface area contributed by atoms with Gasteiger partial charge in [-0.05, 0) is 23.8 Å². The first-order valence-electron chi connectivity index (χ1n) is 6.45. The Kier molecular flexibility index (Phi) is 4.95. The predicted octanol–water partition coefficient (Wildman–Crippen LogP) is 3.18. The summed E-state index contributed by atoms with van der Waals surface area (Å²) < 4.78 is 5.69. The van der Waals surface area contributed by atoms with Crippen molar-refractivity contribution in [1.29, 1.82) is 0 Å². The van der Waals surface area contributed by atoms with E-state index in [0.29, 0.717) is 24.5 Å². The highest BCUT2D eigenvalue weighted by Gasteiger charge is 2.05. The van der Waals surface area contributed by atoms with E-state index in [9.17, 15) is 4.79 Å². The lowest BCUT2D eigenvalue weighted by molar-refractivity contribution is 0.0957. The molecule has 0 heterocycles. The Balaban J connectivity index is 1.99. The number of amides is 1. The average molecular weight is 267 g/mol. The van der Waals surface area contributed by atoms with E-state index in [2.05, 4.69) is 11.9 Å². The fraction of sp³-hybridized carbons (Fsp3) is 0.118. The molecule has 0 bridgehead atoms. The van der Waals surface area contributed by atoms with Crippen molar-refractivity contribution >= 4 is 5.91 Å². The Labute approximate surface area is 118 Å². The van der Waals surface area contributed by atoms with E-state index in [1.54, 1.807) is 18.2 Å². The maximum absolute atomic E-state index is 11.8. The Bertz CT molecular complexity index is 579. The minimum atomic E-state index is -0.130. The molecule has 0 radical (unpaired) electrons. The molecule has 0 saturated carbocycles. The molecule has 1 amide bonds. The van der Waals surface area contributed by atoms with Crippen LogP contribution >= 0.6 is 0 Å². The molecular formula is C17H17NO2. The van der Waals surface area contributed by atoms with E-state index < -0.39 is 0 Å². The smallest absolute Gasteiger partial charge is 0.251 e. The minimum Gasteiger partial charge on any atom is -0.489 e. The standard InChI is InChI=1S/C17H17NO2/c1-2-11-18-17(19)15-9-6-10-16(12-15)20-13-14-7-4-3-5-8-14/h2-10,12H,1,11,13H2,(H,18,19). The summed E-state index contributed by atoms with van der Waals surface area (Å²) in [6, 6.07) is 17.1. The maximum atomic E-state index is 11.8. The van der Waals surface area contributed by atoms with Crippen molar-refractivity contribution in [2.75, 3.05) is 6.54 Å². The van der Waals surface area contributed by atoms with E-state index in [1.807, 2.05) is 42.5 Å². The van der Waals surface area contributed by atoms with Gasteiger partial charge in [0.2, 0.25) is 0 Å². The molecule has 2 rings (SSSR count). The van der Waals surface area contributed by atoms with Crippen LogP contribution in [0.1, 0.15) is 15.9 Å². The second-order valence-corrected chi connectivity index (χ2v) is 4.30. The zero-order chi connectivity index (χ0) is 14.2. The van der Waals surface area contributed by atoms with Crippen molar-refractivity contribution < 1.29 is 9.53 Å². The van der Waals surface area contributed by atoms with E-state index >= 15 is 0 Å². The van der Waals surface area contributed by atoms with E-state index in [-0.39, 0.29) is 5.91 Å². The van der Waals surface area contributed by atoms with Crippen LogP contribution in [0.25, 0.3) is 0 Å². The monoisotopic (exact) mass is 267 g/mol. The summed E-state index contributed by atoms with van der Waals surface area (Å²) >= 11 is 0. The summed E-state index contributed by atoms with van der Waals surface area (Å²) in [6.45, 7) is 4.50. The third-order valence-corrected chi connectivity index (χ3v) is 2.75. The van der Waals surface area contributed by atoms with Gasteiger partial charge in [-0.3, -0.25) is 4.79 Å². The highest BCUT2D eigenvalue weighted by atomic mass is 16.5. The van der Waals surface area contributed by atoms with Gasteiger partial charge in [-0.15, -0.1) is 6.58 Å². The van der Waals surface area contributed by atoms with Gasteiger partial charge in [-0.2, -0.15) is 0 Å². The van der Waals surface area contributed by atoms with Crippen molar-refractivity contribution in [3.63, 3.8) is 0 Å². The molecule has 0 aromatic heterocycles. The van der Waals surface area contributed by atoms with Crippen molar-refractivity contribution in [3.05, 3.63) is 78.4 Å². The van der Waals surface area contributed by atoms with E-state index in [1.165, 1.54) is 0 Å². The van der Waals surface area contributed by atoms with Crippen LogP contribution in [-0.4, -0.2) is 12.5 Å². The lowest BCUT2D eigenvalue weighted by Gasteiger charge is -2.08. The molecule has 2 aromatic carbocycles. The third-order valence-electron chi connectivity index (χ3n) is 2.75. The first-order chi connectivity index (χ1) is 9.79. The average Bonchev–Trinajstić information content (AvgIpc) is 2.52. The molecule has 0 aliphatic carbocycles. The van der Waals surface area contributed by atoms with Crippen LogP contribution in [0.4, 0.5) is 0 Å². The quantitative estimate of drug-likeness (QED) is 0.816. The molecule has 0 aliphatic heterocycles. The second-order valence-electron chi connectivity index (χ2n) is 4.30. The first-order valence-corrected chi connectivity index (χ1v) is 6.45.